The van der Waals surface area contributed by atoms with Crippen LogP contribution in [0.15, 0.2) is 243 Å². The van der Waals surface area contributed by atoms with Crippen LogP contribution in [0.4, 0.5) is 17.1 Å². The van der Waals surface area contributed by atoms with Crippen molar-refractivity contribution in [2.45, 2.75) is 0 Å². The molecule has 0 N–H and O–H groups in total. The minimum Gasteiger partial charge on any atom is -0.310 e. The molecular formula is C60H40N2. The number of aromatic nitrogens is 1. The summed E-state index contributed by atoms with van der Waals surface area (Å²) >= 11 is 0. The summed E-state index contributed by atoms with van der Waals surface area (Å²) in [6.45, 7) is 0. The summed E-state index contributed by atoms with van der Waals surface area (Å²) in [5, 5.41) is 9.94. The fraction of sp³-hybridized carbons (Fsp3) is 0. The van der Waals surface area contributed by atoms with E-state index in [-0.39, 0.29) is 0 Å². The second kappa shape index (κ2) is 14.8. The lowest BCUT2D eigenvalue weighted by atomic mass is 9.84. The number of benzene rings is 11. The monoisotopic (exact) mass is 788 g/mol. The average Bonchev–Trinajstić information content (AvgIpc) is 3.68. The highest BCUT2D eigenvalue weighted by atomic mass is 15.1. The van der Waals surface area contributed by atoms with Crippen molar-refractivity contribution in [1.82, 2.24) is 4.57 Å². The first kappa shape index (κ1) is 35.7. The van der Waals surface area contributed by atoms with E-state index in [0.29, 0.717) is 0 Å². The predicted molar refractivity (Wildman–Crippen MR) is 264 cm³/mol. The number of para-hydroxylation sites is 2. The Morgan fingerprint density at radius 2 is 0.790 bits per heavy atom. The molecule has 0 saturated heterocycles. The minimum atomic E-state index is 1.09. The van der Waals surface area contributed by atoms with Crippen LogP contribution in [-0.2, 0) is 0 Å². The van der Waals surface area contributed by atoms with E-state index in [1.807, 2.05) is 0 Å². The second-order valence-corrected chi connectivity index (χ2v) is 16.1. The molecule has 0 amide bonds. The van der Waals surface area contributed by atoms with Crippen molar-refractivity contribution < 1.29 is 0 Å². The zero-order chi connectivity index (χ0) is 41.0. The summed E-state index contributed by atoms with van der Waals surface area (Å²) in [7, 11) is 0. The maximum Gasteiger partial charge on any atom is 0.0561 e. The number of hydrogen-bond donors (Lipinski definition) is 0. The molecule has 12 rings (SSSR count). The van der Waals surface area contributed by atoms with Gasteiger partial charge in [0.15, 0.2) is 0 Å². The molecule has 2 nitrogen and oxygen atoms in total. The molecule has 0 aliphatic heterocycles. The van der Waals surface area contributed by atoms with E-state index in [2.05, 4.69) is 252 Å². The van der Waals surface area contributed by atoms with Gasteiger partial charge in [-0.3, -0.25) is 0 Å². The summed E-state index contributed by atoms with van der Waals surface area (Å²) in [6.07, 6.45) is 0. The molecule has 0 aliphatic carbocycles. The molecular weight excluding hydrogens is 749 g/mol. The Labute approximate surface area is 360 Å². The van der Waals surface area contributed by atoms with E-state index in [1.165, 1.54) is 81.9 Å². The first-order chi connectivity index (χ1) is 30.8. The van der Waals surface area contributed by atoms with Crippen LogP contribution in [0.1, 0.15) is 0 Å². The maximum absolute atomic E-state index is 2.42. The van der Waals surface area contributed by atoms with Crippen LogP contribution >= 0.6 is 0 Å². The fourth-order valence-electron chi connectivity index (χ4n) is 9.72. The van der Waals surface area contributed by atoms with Crippen LogP contribution in [0.25, 0.3) is 93.2 Å². The summed E-state index contributed by atoms with van der Waals surface area (Å²) in [4.78, 5) is 2.39. The molecule has 0 fully saturated rings. The number of nitrogens with zero attached hydrogens (tertiary/aromatic N) is 2. The standard InChI is InChI=1S/C60H40N2/c1-4-18-42(19-5-1)59-55-29-13-12-27-51(55)52-35-32-46(39-56(52)60(59)43-20-6-2-7-21-43)45-23-16-26-48(38-45)61(47-24-8-3-9-25-47)50-34-36-54-53-28-14-15-30-57(53)62(58(54)40-50)49-33-31-41-17-10-11-22-44(41)37-49/h1-40H. The molecule has 12 aromatic rings. The summed E-state index contributed by atoms with van der Waals surface area (Å²) in [5.41, 5.74) is 14.1. The van der Waals surface area contributed by atoms with Crippen LogP contribution in [0.5, 0.6) is 0 Å². The third kappa shape index (κ3) is 5.96. The van der Waals surface area contributed by atoms with Gasteiger partial charge >= 0.3 is 0 Å². The van der Waals surface area contributed by atoms with Gasteiger partial charge in [-0.25, -0.2) is 0 Å². The van der Waals surface area contributed by atoms with Crippen LogP contribution in [-0.4, -0.2) is 4.57 Å². The van der Waals surface area contributed by atoms with Gasteiger partial charge in [0.05, 0.1) is 11.0 Å². The van der Waals surface area contributed by atoms with Gasteiger partial charge in [0, 0.05) is 33.5 Å². The van der Waals surface area contributed by atoms with Gasteiger partial charge in [0.25, 0.3) is 0 Å². The molecule has 0 aliphatic rings. The average molecular weight is 789 g/mol. The summed E-state index contributed by atoms with van der Waals surface area (Å²) in [5.74, 6) is 0. The Hall–Kier alpha value is -8.20. The van der Waals surface area contributed by atoms with E-state index in [0.717, 1.165) is 28.3 Å². The normalized spacial score (nSPS) is 11.5. The van der Waals surface area contributed by atoms with Gasteiger partial charge < -0.3 is 9.47 Å². The molecule has 0 atom stereocenters. The Bertz CT molecular complexity index is 3620. The van der Waals surface area contributed by atoms with Crippen LogP contribution in [0, 0.1) is 0 Å². The quantitative estimate of drug-likeness (QED) is 0.146. The lowest BCUT2D eigenvalue weighted by molar-refractivity contribution is 1.18. The lowest BCUT2D eigenvalue weighted by Crippen LogP contribution is -2.10. The Balaban J connectivity index is 1.05. The zero-order valence-corrected chi connectivity index (χ0v) is 34.0. The highest BCUT2D eigenvalue weighted by Crippen LogP contribution is 2.46. The van der Waals surface area contributed by atoms with Gasteiger partial charge in [0.1, 0.15) is 0 Å². The molecule has 2 heteroatoms. The third-order valence-corrected chi connectivity index (χ3v) is 12.5. The molecule has 290 valence electrons. The lowest BCUT2D eigenvalue weighted by Gasteiger charge is -2.26. The zero-order valence-electron chi connectivity index (χ0n) is 34.0. The Kier molecular flexibility index (Phi) is 8.53. The van der Waals surface area contributed by atoms with Crippen molar-refractivity contribution in [2.24, 2.45) is 0 Å². The van der Waals surface area contributed by atoms with Crippen LogP contribution < -0.4 is 4.90 Å². The highest BCUT2D eigenvalue weighted by Gasteiger charge is 2.20. The van der Waals surface area contributed by atoms with Gasteiger partial charge in [-0.15, -0.1) is 0 Å². The van der Waals surface area contributed by atoms with E-state index >= 15 is 0 Å². The van der Waals surface area contributed by atoms with E-state index in [4.69, 9.17) is 0 Å². The molecule has 11 aromatic carbocycles. The largest absolute Gasteiger partial charge is 0.310 e. The summed E-state index contributed by atoms with van der Waals surface area (Å²) in [6, 6.07) is 88.5. The molecule has 0 unspecified atom stereocenters. The molecule has 1 aromatic heterocycles. The molecule has 1 heterocycles. The smallest absolute Gasteiger partial charge is 0.0561 e. The molecule has 0 radical (unpaired) electrons. The number of anilines is 3. The van der Waals surface area contributed by atoms with Crippen molar-refractivity contribution in [3.63, 3.8) is 0 Å². The van der Waals surface area contributed by atoms with Crippen LogP contribution in [0.2, 0.25) is 0 Å². The number of fused-ring (bicyclic) bond motifs is 7. The van der Waals surface area contributed by atoms with Gasteiger partial charge in [0.2, 0.25) is 0 Å². The SMILES string of the molecule is c1ccc(-c2c(-c3ccccc3)c3cc(-c4cccc(N(c5ccccc5)c5ccc6c7ccccc7n(-c7ccc8ccccc8c7)c6c5)c4)ccc3c3ccccc23)cc1. The second-order valence-electron chi connectivity index (χ2n) is 16.1. The third-order valence-electron chi connectivity index (χ3n) is 12.5. The topological polar surface area (TPSA) is 8.17 Å². The Morgan fingerprint density at radius 3 is 1.56 bits per heavy atom. The fourth-order valence-corrected chi connectivity index (χ4v) is 9.72. The van der Waals surface area contributed by atoms with E-state index in [9.17, 15) is 0 Å². The van der Waals surface area contributed by atoms with Gasteiger partial charge in [-0.05, 0) is 126 Å². The van der Waals surface area contributed by atoms with Crippen molar-refractivity contribution in [1.29, 1.82) is 0 Å². The minimum absolute atomic E-state index is 1.09. The van der Waals surface area contributed by atoms with E-state index < -0.39 is 0 Å². The molecule has 0 spiro atoms. The Morgan fingerprint density at radius 1 is 0.258 bits per heavy atom. The predicted octanol–water partition coefficient (Wildman–Crippen LogP) is 16.7. The summed E-state index contributed by atoms with van der Waals surface area (Å²) < 4.78 is 2.42. The van der Waals surface area contributed by atoms with Gasteiger partial charge in [-0.2, -0.15) is 0 Å². The van der Waals surface area contributed by atoms with Crippen molar-refractivity contribution in [2.75, 3.05) is 4.90 Å². The number of hydrogen-bond acceptors (Lipinski definition) is 1. The first-order valence-corrected chi connectivity index (χ1v) is 21.3. The van der Waals surface area contributed by atoms with Crippen molar-refractivity contribution in [3.8, 4) is 39.1 Å². The first-order valence-electron chi connectivity index (χ1n) is 21.3. The van der Waals surface area contributed by atoms with E-state index in [1.54, 1.807) is 0 Å². The van der Waals surface area contributed by atoms with Crippen LogP contribution in [0.3, 0.4) is 0 Å². The highest BCUT2D eigenvalue weighted by molar-refractivity contribution is 6.22. The van der Waals surface area contributed by atoms with Crippen molar-refractivity contribution >= 4 is 71.2 Å². The molecule has 0 saturated carbocycles. The molecule has 0 bridgehead atoms. The number of rotatable bonds is 7. The van der Waals surface area contributed by atoms with Gasteiger partial charge in [-0.1, -0.05) is 182 Å². The molecule has 62 heavy (non-hydrogen) atoms. The van der Waals surface area contributed by atoms with Crippen molar-refractivity contribution in [3.05, 3.63) is 243 Å². The maximum atomic E-state index is 2.42.